The molecule has 2 aromatic rings. The van der Waals surface area contributed by atoms with Gasteiger partial charge in [-0.15, -0.1) is 0 Å². The second-order valence-corrected chi connectivity index (χ2v) is 7.93. The standard InChI is InChI=1S/C26H27N3O8/c1-4-35-24(30)20-16(3)27-23(28-26(32)37-15-17-11-7-6-8-12-17)22(25(31)36-5-2)21(20)18-13-9-10-14-19(18)29(33)34/h6-14,21-22H,4-5,15H2,1-3H3,(H,27,28,32). The molecule has 37 heavy (non-hydrogen) atoms. The van der Waals surface area contributed by atoms with Gasteiger partial charge in [-0.2, -0.15) is 0 Å². The molecule has 194 valence electrons. The van der Waals surface area contributed by atoms with Crippen LogP contribution in [0.3, 0.4) is 0 Å². The van der Waals surface area contributed by atoms with Gasteiger partial charge in [-0.1, -0.05) is 48.5 Å². The van der Waals surface area contributed by atoms with Crippen LogP contribution in [-0.4, -0.2) is 42.0 Å². The second kappa shape index (κ2) is 12.4. The van der Waals surface area contributed by atoms with E-state index >= 15 is 0 Å². The molecule has 0 bridgehead atoms. The van der Waals surface area contributed by atoms with Crippen molar-refractivity contribution in [2.24, 2.45) is 10.9 Å². The summed E-state index contributed by atoms with van der Waals surface area (Å²) in [6.07, 6.45) is -0.898. The fourth-order valence-corrected chi connectivity index (χ4v) is 4.04. The maximum absolute atomic E-state index is 13.2. The number of hydrogen-bond acceptors (Lipinski definition) is 9. The van der Waals surface area contributed by atoms with Crippen LogP contribution in [0.1, 0.15) is 37.8 Å². The fourth-order valence-electron chi connectivity index (χ4n) is 4.04. The van der Waals surface area contributed by atoms with Crippen LogP contribution >= 0.6 is 0 Å². The van der Waals surface area contributed by atoms with E-state index in [1.165, 1.54) is 25.1 Å². The summed E-state index contributed by atoms with van der Waals surface area (Å²) in [4.78, 5) is 54.5. The van der Waals surface area contributed by atoms with E-state index in [2.05, 4.69) is 10.3 Å². The van der Waals surface area contributed by atoms with Crippen molar-refractivity contribution < 1.29 is 33.5 Å². The van der Waals surface area contributed by atoms with Gasteiger partial charge in [0.25, 0.3) is 5.69 Å². The maximum Gasteiger partial charge on any atom is 0.412 e. The molecule has 11 nitrogen and oxygen atoms in total. The maximum atomic E-state index is 13.2. The van der Waals surface area contributed by atoms with E-state index in [0.717, 1.165) is 5.56 Å². The minimum atomic E-state index is -1.39. The lowest BCUT2D eigenvalue weighted by atomic mass is 9.76. The summed E-state index contributed by atoms with van der Waals surface area (Å²) in [6, 6.07) is 14.7. The summed E-state index contributed by atoms with van der Waals surface area (Å²) in [6.45, 7) is 4.67. The third-order valence-corrected chi connectivity index (χ3v) is 5.56. The van der Waals surface area contributed by atoms with Crippen LogP contribution < -0.4 is 5.32 Å². The third kappa shape index (κ3) is 6.37. The smallest absolute Gasteiger partial charge is 0.412 e. The minimum Gasteiger partial charge on any atom is -0.465 e. The lowest BCUT2D eigenvalue weighted by molar-refractivity contribution is -0.385. The number of carbonyl (C=O) groups excluding carboxylic acids is 3. The quantitative estimate of drug-likeness (QED) is 0.243. The number of nitrogens with one attached hydrogen (secondary N) is 1. The van der Waals surface area contributed by atoms with Crippen LogP contribution in [-0.2, 0) is 30.4 Å². The number of amides is 1. The topological polar surface area (TPSA) is 146 Å². The predicted octanol–water partition coefficient (Wildman–Crippen LogP) is 4.03. The molecule has 3 rings (SSSR count). The highest BCUT2D eigenvalue weighted by atomic mass is 16.6. The number of nitro groups is 1. The Kier molecular flexibility index (Phi) is 9.09. The molecule has 1 aliphatic rings. The van der Waals surface area contributed by atoms with E-state index < -0.39 is 34.8 Å². The summed E-state index contributed by atoms with van der Waals surface area (Å²) in [5.41, 5.74) is 0.575. The van der Waals surface area contributed by atoms with Crippen molar-refractivity contribution in [3.8, 4) is 0 Å². The number of esters is 2. The van der Waals surface area contributed by atoms with Crippen molar-refractivity contribution in [3.63, 3.8) is 0 Å². The Morgan fingerprint density at radius 2 is 1.62 bits per heavy atom. The first-order valence-electron chi connectivity index (χ1n) is 11.6. The first kappa shape index (κ1) is 27.1. The number of aliphatic imine (C=N–C) groups is 1. The summed E-state index contributed by atoms with van der Waals surface area (Å²) in [5.74, 6) is -4.39. The van der Waals surface area contributed by atoms with E-state index in [0.29, 0.717) is 0 Å². The Bertz CT molecular complexity index is 1240. The zero-order valence-corrected chi connectivity index (χ0v) is 20.6. The molecule has 1 N–H and O–H groups in total. The molecule has 0 saturated carbocycles. The van der Waals surface area contributed by atoms with Gasteiger partial charge < -0.3 is 14.2 Å². The number of amidine groups is 1. The van der Waals surface area contributed by atoms with Gasteiger partial charge in [-0.3, -0.25) is 20.2 Å². The van der Waals surface area contributed by atoms with Gasteiger partial charge in [0, 0.05) is 17.5 Å². The van der Waals surface area contributed by atoms with Crippen LogP contribution in [0, 0.1) is 16.0 Å². The molecule has 0 saturated heterocycles. The van der Waals surface area contributed by atoms with Crippen LogP contribution in [0.5, 0.6) is 0 Å². The SMILES string of the molecule is CCOC(=O)C1=C(C)N=C(NC(=O)OCc2ccccc2)C(C(=O)OCC)C1c1ccccc1[N+](=O)[O-]. The Hall–Kier alpha value is -4.54. The molecule has 1 amide bonds. The van der Waals surface area contributed by atoms with Crippen LogP contribution in [0.25, 0.3) is 0 Å². The van der Waals surface area contributed by atoms with Gasteiger partial charge in [0.2, 0.25) is 0 Å². The highest BCUT2D eigenvalue weighted by molar-refractivity contribution is 6.11. The molecule has 2 atom stereocenters. The molecule has 0 fully saturated rings. The molecular weight excluding hydrogens is 482 g/mol. The number of nitrogens with zero attached hydrogens (tertiary/aromatic N) is 2. The molecule has 11 heteroatoms. The van der Waals surface area contributed by atoms with Gasteiger partial charge in [0.15, 0.2) is 0 Å². The molecule has 1 aliphatic heterocycles. The average Bonchev–Trinajstić information content (AvgIpc) is 2.87. The predicted molar refractivity (Wildman–Crippen MR) is 132 cm³/mol. The first-order chi connectivity index (χ1) is 17.8. The fraction of sp³-hybridized carbons (Fsp3) is 0.308. The van der Waals surface area contributed by atoms with Crippen LogP contribution in [0.2, 0.25) is 0 Å². The van der Waals surface area contributed by atoms with Gasteiger partial charge in [0.1, 0.15) is 18.4 Å². The van der Waals surface area contributed by atoms with E-state index in [1.807, 2.05) is 6.07 Å². The Labute approximate surface area is 213 Å². The second-order valence-electron chi connectivity index (χ2n) is 7.93. The average molecular weight is 510 g/mol. The number of hydrogen-bond donors (Lipinski definition) is 1. The molecule has 2 aromatic carbocycles. The number of ether oxygens (including phenoxy) is 3. The van der Waals surface area contributed by atoms with Crippen molar-refractivity contribution in [2.75, 3.05) is 13.2 Å². The normalized spacial score (nSPS) is 16.9. The van der Waals surface area contributed by atoms with E-state index in [1.54, 1.807) is 44.2 Å². The molecule has 0 aliphatic carbocycles. The molecule has 1 heterocycles. The highest BCUT2D eigenvalue weighted by Crippen LogP contribution is 2.43. The molecule has 2 unspecified atom stereocenters. The van der Waals surface area contributed by atoms with E-state index in [4.69, 9.17) is 14.2 Å². The van der Waals surface area contributed by atoms with E-state index in [9.17, 15) is 24.5 Å². The van der Waals surface area contributed by atoms with Gasteiger partial charge in [-0.05, 0) is 26.3 Å². The lowest BCUT2D eigenvalue weighted by Gasteiger charge is -2.32. The largest absolute Gasteiger partial charge is 0.465 e. The number of nitro benzene ring substituents is 1. The van der Waals surface area contributed by atoms with Crippen molar-refractivity contribution in [1.82, 2.24) is 5.32 Å². The number of benzene rings is 2. The van der Waals surface area contributed by atoms with Crippen LogP contribution in [0.4, 0.5) is 10.5 Å². The molecule has 0 aromatic heterocycles. The highest BCUT2D eigenvalue weighted by Gasteiger charge is 2.46. The zero-order valence-electron chi connectivity index (χ0n) is 20.6. The number of alkyl carbamates (subject to hydrolysis) is 1. The number of rotatable bonds is 8. The first-order valence-corrected chi connectivity index (χ1v) is 11.6. The molecule has 0 radical (unpaired) electrons. The van der Waals surface area contributed by atoms with Crippen LogP contribution in [0.15, 0.2) is 70.9 Å². The molecule has 0 spiro atoms. The number of allylic oxidation sites excluding steroid dienone is 1. The number of carbonyl (C=O) groups is 3. The van der Waals surface area contributed by atoms with Crippen molar-refractivity contribution in [2.45, 2.75) is 33.3 Å². The zero-order chi connectivity index (χ0) is 26.9. The van der Waals surface area contributed by atoms with Gasteiger partial charge in [-0.25, -0.2) is 14.6 Å². The van der Waals surface area contributed by atoms with E-state index in [-0.39, 0.29) is 48.2 Å². The Morgan fingerprint density at radius 3 is 2.27 bits per heavy atom. The minimum absolute atomic E-state index is 0.0118. The number of para-hydroxylation sites is 1. The summed E-state index contributed by atoms with van der Waals surface area (Å²) >= 11 is 0. The third-order valence-electron chi connectivity index (χ3n) is 5.56. The summed E-state index contributed by atoms with van der Waals surface area (Å²) < 4.78 is 15.7. The monoisotopic (exact) mass is 509 g/mol. The summed E-state index contributed by atoms with van der Waals surface area (Å²) in [7, 11) is 0. The van der Waals surface area contributed by atoms with Crippen molar-refractivity contribution in [1.29, 1.82) is 0 Å². The van der Waals surface area contributed by atoms with Crippen molar-refractivity contribution in [3.05, 3.63) is 87.1 Å². The lowest BCUT2D eigenvalue weighted by Crippen LogP contribution is -2.46. The van der Waals surface area contributed by atoms with Gasteiger partial charge in [0.05, 0.1) is 29.4 Å². The Morgan fingerprint density at radius 1 is 0.973 bits per heavy atom. The van der Waals surface area contributed by atoms with Gasteiger partial charge >= 0.3 is 18.0 Å². The summed E-state index contributed by atoms with van der Waals surface area (Å²) in [5, 5.41) is 14.3. The van der Waals surface area contributed by atoms with Crippen molar-refractivity contribution >= 4 is 29.6 Å². The molecular formula is C26H27N3O8. The Balaban J connectivity index is 2.08.